The van der Waals surface area contributed by atoms with Crippen molar-refractivity contribution in [1.82, 2.24) is 20.0 Å². The molecule has 0 bridgehead atoms. The minimum absolute atomic E-state index is 0.0988. The molecule has 1 aromatic rings. The van der Waals surface area contributed by atoms with E-state index in [2.05, 4.69) is 29.2 Å². The predicted octanol–water partition coefficient (Wildman–Crippen LogP) is 1.19. The molecule has 2 unspecified atom stereocenters. The van der Waals surface area contributed by atoms with Crippen LogP contribution in [0.2, 0.25) is 0 Å². The lowest BCUT2D eigenvalue weighted by molar-refractivity contribution is -0.0471. The van der Waals surface area contributed by atoms with Gasteiger partial charge in [-0.3, -0.25) is 9.58 Å². The van der Waals surface area contributed by atoms with Gasteiger partial charge in [0.15, 0.2) is 5.75 Å². The van der Waals surface area contributed by atoms with Gasteiger partial charge in [0.1, 0.15) is 0 Å². The Kier molecular flexibility index (Phi) is 6.02. The highest BCUT2D eigenvalue weighted by Gasteiger charge is 2.32. The van der Waals surface area contributed by atoms with E-state index in [9.17, 15) is 0 Å². The molecule has 0 aromatic carbocycles. The Labute approximate surface area is 127 Å². The van der Waals surface area contributed by atoms with Crippen molar-refractivity contribution in [3.8, 4) is 5.75 Å². The Hall–Kier alpha value is -1.11. The molecule has 21 heavy (non-hydrogen) atoms. The molecule has 0 radical (unpaired) electrons. The van der Waals surface area contributed by atoms with Gasteiger partial charge < -0.3 is 14.8 Å². The number of aryl methyl sites for hydroxylation is 1. The van der Waals surface area contributed by atoms with Gasteiger partial charge in [-0.1, -0.05) is 13.8 Å². The van der Waals surface area contributed by atoms with E-state index in [4.69, 9.17) is 9.47 Å². The molecule has 2 rings (SSSR count). The number of hydrogen-bond acceptors (Lipinski definition) is 5. The molecule has 0 spiro atoms. The van der Waals surface area contributed by atoms with Gasteiger partial charge in [0, 0.05) is 20.1 Å². The highest BCUT2D eigenvalue weighted by atomic mass is 16.5. The standard InChI is InChI=1S/C15H28N4O2/c1-5-7-16-14(13-11-19(6-2)8-9-21-13)15-12(20-4)10-17-18(15)3/h10,13-14,16H,5-9,11H2,1-4H3. The summed E-state index contributed by atoms with van der Waals surface area (Å²) in [5, 5.41) is 7.94. The third-order valence-corrected chi connectivity index (χ3v) is 4.07. The highest BCUT2D eigenvalue weighted by molar-refractivity contribution is 5.29. The second-order valence-corrected chi connectivity index (χ2v) is 5.46. The summed E-state index contributed by atoms with van der Waals surface area (Å²) in [4.78, 5) is 2.43. The number of methoxy groups -OCH3 is 1. The van der Waals surface area contributed by atoms with Crippen LogP contribution >= 0.6 is 0 Å². The first-order valence-electron chi connectivity index (χ1n) is 7.84. The van der Waals surface area contributed by atoms with Crippen molar-refractivity contribution in [2.24, 2.45) is 7.05 Å². The second kappa shape index (κ2) is 7.77. The molecular formula is C15H28N4O2. The Balaban J connectivity index is 2.22. The summed E-state index contributed by atoms with van der Waals surface area (Å²) in [6.07, 6.45) is 2.98. The Morgan fingerprint density at radius 2 is 2.33 bits per heavy atom. The molecule has 120 valence electrons. The lowest BCUT2D eigenvalue weighted by Gasteiger charge is -2.37. The summed E-state index contributed by atoms with van der Waals surface area (Å²) in [6.45, 7) is 9.10. The first-order chi connectivity index (χ1) is 10.2. The molecule has 1 aromatic heterocycles. The molecule has 0 aliphatic carbocycles. The topological polar surface area (TPSA) is 51.5 Å². The molecule has 6 heteroatoms. The average Bonchev–Trinajstić information content (AvgIpc) is 2.89. The fraction of sp³-hybridized carbons (Fsp3) is 0.800. The number of aromatic nitrogens is 2. The van der Waals surface area contributed by atoms with E-state index in [1.807, 2.05) is 11.7 Å². The summed E-state index contributed by atoms with van der Waals surface area (Å²) in [7, 11) is 3.65. The van der Waals surface area contributed by atoms with Gasteiger partial charge in [0.2, 0.25) is 0 Å². The van der Waals surface area contributed by atoms with Crippen molar-refractivity contribution in [3.05, 3.63) is 11.9 Å². The predicted molar refractivity (Wildman–Crippen MR) is 82.6 cm³/mol. The SMILES string of the molecule is CCCNC(c1c(OC)cnn1C)C1CN(CC)CCO1. The van der Waals surface area contributed by atoms with Gasteiger partial charge in [-0.25, -0.2) is 0 Å². The lowest BCUT2D eigenvalue weighted by atomic mass is 10.0. The first-order valence-corrected chi connectivity index (χ1v) is 7.84. The zero-order chi connectivity index (χ0) is 15.2. The highest BCUT2D eigenvalue weighted by Crippen LogP contribution is 2.29. The summed E-state index contributed by atoms with van der Waals surface area (Å²) in [6, 6.07) is 0.0988. The number of rotatable bonds is 7. The smallest absolute Gasteiger partial charge is 0.161 e. The number of morpholine rings is 1. The van der Waals surface area contributed by atoms with Crippen molar-refractivity contribution < 1.29 is 9.47 Å². The van der Waals surface area contributed by atoms with Crippen LogP contribution < -0.4 is 10.1 Å². The molecule has 6 nitrogen and oxygen atoms in total. The van der Waals surface area contributed by atoms with Crippen molar-refractivity contribution in [1.29, 1.82) is 0 Å². The van der Waals surface area contributed by atoms with E-state index in [0.717, 1.165) is 50.7 Å². The van der Waals surface area contributed by atoms with E-state index in [-0.39, 0.29) is 12.1 Å². The van der Waals surface area contributed by atoms with Gasteiger partial charge in [0.05, 0.1) is 37.8 Å². The minimum atomic E-state index is 0.0988. The Morgan fingerprint density at radius 3 is 3.00 bits per heavy atom. The molecule has 0 amide bonds. The van der Waals surface area contributed by atoms with Crippen LogP contribution in [0.25, 0.3) is 0 Å². The number of likely N-dealkylation sites (N-methyl/N-ethyl adjacent to an activating group) is 1. The van der Waals surface area contributed by atoms with Crippen LogP contribution in [0.5, 0.6) is 5.75 Å². The Bertz CT molecular complexity index is 435. The molecule has 2 heterocycles. The van der Waals surface area contributed by atoms with Crippen LogP contribution in [0, 0.1) is 0 Å². The monoisotopic (exact) mass is 296 g/mol. The van der Waals surface area contributed by atoms with Crippen molar-refractivity contribution in [3.63, 3.8) is 0 Å². The molecule has 2 atom stereocenters. The van der Waals surface area contributed by atoms with Crippen molar-refractivity contribution in [2.45, 2.75) is 32.4 Å². The third kappa shape index (κ3) is 3.75. The molecule has 1 saturated heterocycles. The maximum Gasteiger partial charge on any atom is 0.161 e. The quantitative estimate of drug-likeness (QED) is 0.819. The van der Waals surface area contributed by atoms with Gasteiger partial charge in [-0.05, 0) is 19.5 Å². The fourth-order valence-electron chi connectivity index (χ4n) is 2.86. The van der Waals surface area contributed by atoms with Crippen LogP contribution in [0.4, 0.5) is 0 Å². The van der Waals surface area contributed by atoms with Crippen LogP contribution in [-0.2, 0) is 11.8 Å². The fourth-order valence-corrected chi connectivity index (χ4v) is 2.86. The van der Waals surface area contributed by atoms with Crippen molar-refractivity contribution in [2.75, 3.05) is 39.9 Å². The minimum Gasteiger partial charge on any atom is -0.493 e. The molecule has 1 fully saturated rings. The van der Waals surface area contributed by atoms with Crippen molar-refractivity contribution >= 4 is 0 Å². The summed E-state index contributed by atoms with van der Waals surface area (Å²) in [5.41, 5.74) is 1.06. The van der Waals surface area contributed by atoms with Gasteiger partial charge in [0.25, 0.3) is 0 Å². The molecule has 0 saturated carbocycles. The van der Waals surface area contributed by atoms with Crippen LogP contribution in [0.15, 0.2) is 6.20 Å². The molecule has 1 N–H and O–H groups in total. The maximum atomic E-state index is 6.05. The summed E-state index contributed by atoms with van der Waals surface area (Å²) in [5.74, 6) is 0.823. The number of nitrogens with one attached hydrogen (secondary N) is 1. The van der Waals surface area contributed by atoms with E-state index in [0.29, 0.717) is 0 Å². The third-order valence-electron chi connectivity index (χ3n) is 4.07. The van der Waals surface area contributed by atoms with Crippen LogP contribution in [-0.4, -0.2) is 60.7 Å². The normalized spacial score (nSPS) is 21.4. The maximum absolute atomic E-state index is 6.05. The molecule has 1 aliphatic heterocycles. The number of hydrogen-bond donors (Lipinski definition) is 1. The molecule has 1 aliphatic rings. The second-order valence-electron chi connectivity index (χ2n) is 5.46. The van der Waals surface area contributed by atoms with Gasteiger partial charge in [-0.2, -0.15) is 5.10 Å². The number of ether oxygens (including phenoxy) is 2. The zero-order valence-electron chi connectivity index (χ0n) is 13.6. The average molecular weight is 296 g/mol. The largest absolute Gasteiger partial charge is 0.493 e. The van der Waals surface area contributed by atoms with Crippen LogP contribution in [0.3, 0.4) is 0 Å². The lowest BCUT2D eigenvalue weighted by Crippen LogP contribution is -2.48. The first kappa shape index (κ1) is 16.3. The van der Waals surface area contributed by atoms with E-state index in [1.54, 1.807) is 13.3 Å². The van der Waals surface area contributed by atoms with E-state index >= 15 is 0 Å². The van der Waals surface area contributed by atoms with Crippen LogP contribution in [0.1, 0.15) is 32.0 Å². The number of nitrogens with zero attached hydrogens (tertiary/aromatic N) is 3. The van der Waals surface area contributed by atoms with E-state index in [1.165, 1.54) is 0 Å². The van der Waals surface area contributed by atoms with Gasteiger partial charge >= 0.3 is 0 Å². The van der Waals surface area contributed by atoms with E-state index < -0.39 is 0 Å². The molecular weight excluding hydrogens is 268 g/mol. The summed E-state index contributed by atoms with van der Waals surface area (Å²) < 4.78 is 13.4. The summed E-state index contributed by atoms with van der Waals surface area (Å²) >= 11 is 0. The van der Waals surface area contributed by atoms with Gasteiger partial charge in [-0.15, -0.1) is 0 Å². The zero-order valence-corrected chi connectivity index (χ0v) is 13.6. The Morgan fingerprint density at radius 1 is 1.52 bits per heavy atom.